The summed E-state index contributed by atoms with van der Waals surface area (Å²) in [5.41, 5.74) is 1.39. The lowest BCUT2D eigenvalue weighted by Gasteiger charge is -2.20. The summed E-state index contributed by atoms with van der Waals surface area (Å²) in [7, 11) is 1.50. The average molecular weight is 488 g/mol. The van der Waals surface area contributed by atoms with Crippen LogP contribution in [0.5, 0.6) is 5.75 Å². The van der Waals surface area contributed by atoms with Gasteiger partial charge in [0.25, 0.3) is 0 Å². The molecule has 0 N–H and O–H groups in total. The van der Waals surface area contributed by atoms with Crippen LogP contribution in [-0.2, 0) is 23.7 Å². The summed E-state index contributed by atoms with van der Waals surface area (Å²) in [4.78, 5) is 27.0. The van der Waals surface area contributed by atoms with Crippen molar-refractivity contribution in [1.82, 2.24) is 0 Å². The van der Waals surface area contributed by atoms with Gasteiger partial charge in [0, 0.05) is 19.6 Å². The number of benzene rings is 1. The van der Waals surface area contributed by atoms with E-state index >= 15 is 0 Å². The van der Waals surface area contributed by atoms with Gasteiger partial charge >= 0.3 is 12.1 Å². The molecule has 0 radical (unpaired) electrons. The minimum atomic E-state index is -0.667. The van der Waals surface area contributed by atoms with E-state index in [1.807, 2.05) is 45.1 Å². The van der Waals surface area contributed by atoms with E-state index in [0.29, 0.717) is 43.7 Å². The predicted octanol–water partition coefficient (Wildman–Crippen LogP) is 4.44. The van der Waals surface area contributed by atoms with Gasteiger partial charge in [0.1, 0.15) is 24.0 Å². The fourth-order valence-electron chi connectivity index (χ4n) is 4.44. The molecule has 3 aliphatic heterocycles. The number of methoxy groups -OCH3 is 1. The summed E-state index contributed by atoms with van der Waals surface area (Å²) in [6, 6.07) is 3.41. The van der Waals surface area contributed by atoms with Gasteiger partial charge in [-0.3, -0.25) is 4.90 Å². The van der Waals surface area contributed by atoms with E-state index in [9.17, 15) is 9.59 Å². The molecule has 190 valence electrons. The monoisotopic (exact) mass is 487 g/mol. The molecular weight excluding hydrogens is 454 g/mol. The molecule has 3 aliphatic rings. The molecule has 0 aliphatic carbocycles. The Labute approximate surface area is 205 Å². The van der Waals surface area contributed by atoms with E-state index in [1.54, 1.807) is 12.1 Å². The molecule has 1 aromatic carbocycles. The first kappa shape index (κ1) is 25.2. The summed E-state index contributed by atoms with van der Waals surface area (Å²) >= 11 is 0. The zero-order valence-corrected chi connectivity index (χ0v) is 20.7. The van der Waals surface area contributed by atoms with Crippen molar-refractivity contribution in [3.63, 3.8) is 0 Å². The Kier molecular flexibility index (Phi) is 7.78. The molecule has 3 heterocycles. The molecule has 0 aromatic heterocycles. The van der Waals surface area contributed by atoms with Crippen LogP contribution in [0.25, 0.3) is 6.08 Å². The molecule has 35 heavy (non-hydrogen) atoms. The fourth-order valence-corrected chi connectivity index (χ4v) is 4.44. The lowest BCUT2D eigenvalue weighted by atomic mass is 10.0. The fraction of sp³-hybridized carbons (Fsp3) is 0.538. The normalized spacial score (nSPS) is 28.3. The number of carbonyl (C=O) groups excluding carboxylic acids is 2. The minimum absolute atomic E-state index is 0.0698. The van der Waals surface area contributed by atoms with E-state index in [1.165, 1.54) is 12.0 Å². The van der Waals surface area contributed by atoms with Crippen molar-refractivity contribution in [2.75, 3.05) is 32.0 Å². The second-order valence-corrected chi connectivity index (χ2v) is 9.23. The summed E-state index contributed by atoms with van der Waals surface area (Å²) in [5, 5.41) is 0. The lowest BCUT2D eigenvalue weighted by Crippen LogP contribution is -2.24. The SMILES string of the molecule is COCOc1cc(N2CCOC2=O)cc2c1C(=O)O[C@@H](C)C/C=C\C[C@H]1OC(C)(C)O[C@H]1C/C=C/2. The van der Waals surface area contributed by atoms with Crippen LogP contribution in [0.3, 0.4) is 0 Å². The van der Waals surface area contributed by atoms with E-state index in [0.717, 1.165) is 0 Å². The number of fused-ring (bicyclic) bond motifs is 2. The lowest BCUT2D eigenvalue weighted by molar-refractivity contribution is -0.145. The quantitative estimate of drug-likeness (QED) is 0.350. The number of anilines is 1. The van der Waals surface area contributed by atoms with Gasteiger partial charge in [-0.05, 0) is 45.2 Å². The Hall–Kier alpha value is -2.88. The van der Waals surface area contributed by atoms with Gasteiger partial charge in [0.15, 0.2) is 12.6 Å². The number of esters is 1. The molecule has 4 rings (SSSR count). The third kappa shape index (κ3) is 6.04. The second kappa shape index (κ2) is 10.8. The number of amides is 1. The molecule has 0 saturated carbocycles. The molecule has 0 unspecified atom stereocenters. The molecule has 2 saturated heterocycles. The van der Waals surface area contributed by atoms with Crippen LogP contribution in [0, 0.1) is 0 Å². The third-order valence-corrected chi connectivity index (χ3v) is 5.99. The zero-order chi connectivity index (χ0) is 25.0. The first-order valence-electron chi connectivity index (χ1n) is 11.9. The van der Waals surface area contributed by atoms with Gasteiger partial charge in [-0.25, -0.2) is 9.59 Å². The number of cyclic esters (lactones) is 2. The summed E-state index contributed by atoms with van der Waals surface area (Å²) in [6.45, 7) is 6.29. The number of rotatable bonds is 4. The molecule has 9 heteroatoms. The largest absolute Gasteiger partial charge is 0.467 e. The smallest absolute Gasteiger partial charge is 0.414 e. The topological polar surface area (TPSA) is 92.8 Å². The Bertz CT molecular complexity index is 1000. The van der Waals surface area contributed by atoms with Gasteiger partial charge in [-0.2, -0.15) is 0 Å². The van der Waals surface area contributed by atoms with E-state index < -0.39 is 17.8 Å². The summed E-state index contributed by atoms with van der Waals surface area (Å²) in [6.07, 6.45) is 8.64. The molecule has 3 atom stereocenters. The van der Waals surface area contributed by atoms with Gasteiger partial charge < -0.3 is 28.4 Å². The molecular formula is C26H33NO8. The third-order valence-electron chi connectivity index (χ3n) is 5.99. The summed E-state index contributed by atoms with van der Waals surface area (Å²) < 4.78 is 33.9. The molecule has 0 bridgehead atoms. The highest BCUT2D eigenvalue weighted by atomic mass is 16.7. The van der Waals surface area contributed by atoms with Gasteiger partial charge in [0.05, 0.1) is 24.4 Å². The van der Waals surface area contributed by atoms with E-state index in [2.05, 4.69) is 0 Å². The van der Waals surface area contributed by atoms with E-state index in [4.69, 9.17) is 28.4 Å². The number of ether oxygens (including phenoxy) is 6. The number of nitrogens with zero attached hydrogens (tertiary/aromatic N) is 1. The van der Waals surface area contributed by atoms with Crippen LogP contribution in [0.15, 0.2) is 30.4 Å². The van der Waals surface area contributed by atoms with Crippen molar-refractivity contribution in [3.8, 4) is 5.75 Å². The van der Waals surface area contributed by atoms with Crippen molar-refractivity contribution in [2.45, 2.75) is 64.1 Å². The number of hydrogen-bond donors (Lipinski definition) is 0. The molecule has 1 aromatic rings. The molecule has 0 spiro atoms. The first-order valence-corrected chi connectivity index (χ1v) is 11.9. The number of carbonyl (C=O) groups is 2. The second-order valence-electron chi connectivity index (χ2n) is 9.23. The Morgan fingerprint density at radius 3 is 2.46 bits per heavy atom. The first-order chi connectivity index (χ1) is 16.8. The van der Waals surface area contributed by atoms with Gasteiger partial charge in [-0.15, -0.1) is 0 Å². The van der Waals surface area contributed by atoms with Crippen molar-refractivity contribution >= 4 is 23.8 Å². The predicted molar refractivity (Wildman–Crippen MR) is 128 cm³/mol. The zero-order valence-electron chi connectivity index (χ0n) is 20.7. The molecule has 9 nitrogen and oxygen atoms in total. The summed E-state index contributed by atoms with van der Waals surface area (Å²) in [5.74, 6) is -0.911. The Morgan fingerprint density at radius 2 is 1.77 bits per heavy atom. The van der Waals surface area contributed by atoms with Gasteiger partial charge in [-0.1, -0.05) is 24.3 Å². The Morgan fingerprint density at radius 1 is 1.06 bits per heavy atom. The van der Waals surface area contributed by atoms with Crippen LogP contribution in [0.2, 0.25) is 0 Å². The van der Waals surface area contributed by atoms with Crippen molar-refractivity contribution in [2.24, 2.45) is 0 Å². The van der Waals surface area contributed by atoms with Crippen LogP contribution in [0.4, 0.5) is 10.5 Å². The van der Waals surface area contributed by atoms with Crippen LogP contribution in [-0.4, -0.2) is 63.2 Å². The van der Waals surface area contributed by atoms with Crippen LogP contribution < -0.4 is 9.64 Å². The Balaban J connectivity index is 1.75. The number of hydrogen-bond acceptors (Lipinski definition) is 8. The van der Waals surface area contributed by atoms with Crippen molar-refractivity contribution < 1.29 is 38.0 Å². The highest BCUT2D eigenvalue weighted by Gasteiger charge is 2.39. The molecule has 1 amide bonds. The standard InChI is InChI=1S/C26H33NO8/c1-17-8-5-6-10-20-21(35-26(2,3)34-20)11-7-9-18-14-19(27-12-13-31-25(27)29)15-22(32-16-30-4)23(18)24(28)33-17/h5-7,9,14-15,17,20-21H,8,10-13,16H2,1-4H3/b6-5-,9-7+/t17-,20+,21-/m0/s1. The van der Waals surface area contributed by atoms with Crippen molar-refractivity contribution in [1.29, 1.82) is 0 Å². The highest BCUT2D eigenvalue weighted by Crippen LogP contribution is 2.35. The minimum Gasteiger partial charge on any atom is -0.467 e. The maximum Gasteiger partial charge on any atom is 0.414 e. The highest BCUT2D eigenvalue weighted by molar-refractivity contribution is 5.99. The van der Waals surface area contributed by atoms with Gasteiger partial charge in [0.2, 0.25) is 0 Å². The van der Waals surface area contributed by atoms with Crippen molar-refractivity contribution in [3.05, 3.63) is 41.5 Å². The molecule has 2 fully saturated rings. The van der Waals surface area contributed by atoms with Crippen LogP contribution >= 0.6 is 0 Å². The maximum absolute atomic E-state index is 13.3. The average Bonchev–Trinajstić information content (AvgIpc) is 3.36. The van der Waals surface area contributed by atoms with E-state index in [-0.39, 0.29) is 36.4 Å². The van der Waals surface area contributed by atoms with Crippen LogP contribution in [0.1, 0.15) is 56.0 Å². The maximum atomic E-state index is 13.3.